The van der Waals surface area contributed by atoms with E-state index in [1.807, 2.05) is 30.6 Å². The van der Waals surface area contributed by atoms with Gasteiger partial charge in [-0.1, -0.05) is 19.1 Å². The largest absolute Gasteiger partial charge is 0.334 e. The van der Waals surface area contributed by atoms with Crippen LogP contribution in [0.2, 0.25) is 0 Å². The molecule has 0 aliphatic carbocycles. The molecule has 1 unspecified atom stereocenters. The Morgan fingerprint density at radius 2 is 2.25 bits per heavy atom. The minimum atomic E-state index is 0.0358. The van der Waals surface area contributed by atoms with E-state index in [0.29, 0.717) is 0 Å². The highest BCUT2D eigenvalue weighted by molar-refractivity contribution is 9.10. The number of aromatic nitrogens is 2. The first-order valence-electron chi connectivity index (χ1n) is 6.60. The lowest BCUT2D eigenvalue weighted by atomic mass is 10.3. The van der Waals surface area contributed by atoms with Crippen LogP contribution < -0.4 is 11.3 Å². The Hall–Kier alpha value is -0.820. The quantitative estimate of drug-likeness (QED) is 0.454. The Balaban J connectivity index is 2.06. The maximum Gasteiger partial charge on any atom is 0.128 e. The maximum absolute atomic E-state index is 5.70. The number of rotatable bonds is 7. The highest BCUT2D eigenvalue weighted by atomic mass is 79.9. The van der Waals surface area contributed by atoms with Crippen LogP contribution in [0.1, 0.15) is 25.2 Å². The molecule has 0 amide bonds. The monoisotopic (exact) mass is 354 g/mol. The summed E-state index contributed by atoms with van der Waals surface area (Å²) in [6.45, 7) is 3.12. The fourth-order valence-electron chi connectivity index (χ4n) is 1.99. The van der Waals surface area contributed by atoms with Gasteiger partial charge in [-0.25, -0.2) is 10.4 Å². The van der Waals surface area contributed by atoms with Crippen LogP contribution in [-0.4, -0.2) is 15.3 Å². The van der Waals surface area contributed by atoms with Crippen molar-refractivity contribution in [2.75, 3.05) is 5.75 Å². The number of nitrogens with one attached hydrogen (secondary N) is 1. The van der Waals surface area contributed by atoms with Gasteiger partial charge in [0.25, 0.3) is 0 Å². The second-order valence-electron chi connectivity index (χ2n) is 4.44. The molecule has 0 bridgehead atoms. The van der Waals surface area contributed by atoms with Crippen LogP contribution in [0.25, 0.3) is 0 Å². The number of nitrogens with two attached hydrogens (primary N) is 1. The van der Waals surface area contributed by atoms with Gasteiger partial charge >= 0.3 is 0 Å². The summed E-state index contributed by atoms with van der Waals surface area (Å²) in [6.07, 6.45) is 4.92. The second-order valence-corrected chi connectivity index (χ2v) is 6.36. The number of imidazole rings is 1. The molecule has 2 aromatic rings. The van der Waals surface area contributed by atoms with Gasteiger partial charge in [0, 0.05) is 34.1 Å². The smallest absolute Gasteiger partial charge is 0.128 e. The molecule has 0 fully saturated rings. The summed E-state index contributed by atoms with van der Waals surface area (Å²) in [5, 5.41) is 0. The van der Waals surface area contributed by atoms with Crippen LogP contribution in [0, 0.1) is 0 Å². The first-order valence-corrected chi connectivity index (χ1v) is 8.38. The summed E-state index contributed by atoms with van der Waals surface area (Å²) < 4.78 is 3.27. The van der Waals surface area contributed by atoms with Crippen LogP contribution in [0.3, 0.4) is 0 Å². The predicted molar refractivity (Wildman–Crippen MR) is 87.4 cm³/mol. The highest BCUT2D eigenvalue weighted by Gasteiger charge is 2.16. The molecule has 0 saturated heterocycles. The molecule has 1 heterocycles. The van der Waals surface area contributed by atoms with Crippen LogP contribution in [0.15, 0.2) is 46.0 Å². The minimum absolute atomic E-state index is 0.0358. The molecule has 0 spiro atoms. The fourth-order valence-corrected chi connectivity index (χ4v) is 3.59. The van der Waals surface area contributed by atoms with Gasteiger partial charge in [0.1, 0.15) is 5.82 Å². The van der Waals surface area contributed by atoms with Crippen molar-refractivity contribution in [1.82, 2.24) is 15.0 Å². The van der Waals surface area contributed by atoms with E-state index in [4.69, 9.17) is 5.84 Å². The van der Waals surface area contributed by atoms with Crippen LogP contribution in [0.4, 0.5) is 0 Å². The Bertz CT molecular complexity index is 543. The third-order valence-electron chi connectivity index (χ3n) is 2.97. The summed E-state index contributed by atoms with van der Waals surface area (Å²) >= 11 is 5.33. The van der Waals surface area contributed by atoms with E-state index in [-0.39, 0.29) is 6.04 Å². The van der Waals surface area contributed by atoms with Gasteiger partial charge in [-0.3, -0.25) is 5.84 Å². The molecule has 4 nitrogen and oxygen atoms in total. The Morgan fingerprint density at radius 3 is 2.95 bits per heavy atom. The van der Waals surface area contributed by atoms with E-state index in [2.05, 4.69) is 43.9 Å². The zero-order chi connectivity index (χ0) is 14.4. The van der Waals surface area contributed by atoms with Crippen LogP contribution >= 0.6 is 27.7 Å². The number of nitrogens with zero attached hydrogens (tertiary/aromatic N) is 2. The predicted octanol–water partition coefficient (Wildman–Crippen LogP) is 3.35. The lowest BCUT2D eigenvalue weighted by Crippen LogP contribution is -2.32. The van der Waals surface area contributed by atoms with Crippen molar-refractivity contribution in [2.24, 2.45) is 5.84 Å². The Labute approximate surface area is 132 Å². The summed E-state index contributed by atoms with van der Waals surface area (Å²) in [7, 11) is 0. The summed E-state index contributed by atoms with van der Waals surface area (Å²) in [5.74, 6) is 7.53. The van der Waals surface area contributed by atoms with Gasteiger partial charge in [0.2, 0.25) is 0 Å². The molecule has 1 aromatic carbocycles. The number of hydrazine groups is 1. The zero-order valence-corrected chi connectivity index (χ0v) is 13.8. The normalized spacial score (nSPS) is 12.6. The first kappa shape index (κ1) is 15.6. The average Bonchev–Trinajstić information content (AvgIpc) is 2.90. The van der Waals surface area contributed by atoms with Crippen molar-refractivity contribution in [3.05, 3.63) is 47.0 Å². The number of hydrogen-bond donors (Lipinski definition) is 2. The maximum atomic E-state index is 5.70. The van der Waals surface area contributed by atoms with E-state index in [1.54, 1.807) is 11.8 Å². The van der Waals surface area contributed by atoms with E-state index in [0.717, 1.165) is 29.0 Å². The van der Waals surface area contributed by atoms with Gasteiger partial charge in [-0.05, 0) is 34.5 Å². The van der Waals surface area contributed by atoms with E-state index in [9.17, 15) is 0 Å². The molecular weight excluding hydrogens is 336 g/mol. The second kappa shape index (κ2) is 7.83. The number of aryl methyl sites for hydroxylation is 1. The molecule has 0 saturated carbocycles. The zero-order valence-electron chi connectivity index (χ0n) is 11.4. The molecule has 20 heavy (non-hydrogen) atoms. The molecule has 0 radical (unpaired) electrons. The first-order chi connectivity index (χ1) is 9.76. The summed E-state index contributed by atoms with van der Waals surface area (Å²) in [5.41, 5.74) is 2.87. The van der Waals surface area contributed by atoms with Crippen molar-refractivity contribution in [3.8, 4) is 0 Å². The van der Waals surface area contributed by atoms with Gasteiger partial charge in [-0.15, -0.1) is 11.8 Å². The molecule has 1 aromatic heterocycles. The van der Waals surface area contributed by atoms with Crippen molar-refractivity contribution in [3.63, 3.8) is 0 Å². The van der Waals surface area contributed by atoms with E-state index in [1.165, 1.54) is 4.90 Å². The Kier molecular flexibility index (Phi) is 6.09. The average molecular weight is 355 g/mol. The molecule has 3 N–H and O–H groups in total. The van der Waals surface area contributed by atoms with Crippen molar-refractivity contribution >= 4 is 27.7 Å². The molecule has 1 atom stereocenters. The standard InChI is InChI=1S/C14H19BrN4S/c1-2-8-19-9-7-17-14(19)12(18-16)10-20-13-6-4-3-5-11(13)15/h3-7,9,12,18H,2,8,10,16H2,1H3. The molecule has 2 rings (SSSR count). The number of benzene rings is 1. The number of thioether (sulfide) groups is 1. The minimum Gasteiger partial charge on any atom is -0.334 e. The molecular formula is C14H19BrN4S. The van der Waals surface area contributed by atoms with Crippen LogP contribution in [0.5, 0.6) is 0 Å². The van der Waals surface area contributed by atoms with Crippen molar-refractivity contribution < 1.29 is 0 Å². The van der Waals surface area contributed by atoms with E-state index >= 15 is 0 Å². The number of hydrogen-bond acceptors (Lipinski definition) is 4. The third-order valence-corrected chi connectivity index (χ3v) is 5.09. The van der Waals surface area contributed by atoms with Crippen LogP contribution in [-0.2, 0) is 6.54 Å². The Morgan fingerprint density at radius 1 is 1.45 bits per heavy atom. The van der Waals surface area contributed by atoms with E-state index < -0.39 is 0 Å². The SMILES string of the molecule is CCCn1ccnc1C(CSc1ccccc1Br)NN. The summed E-state index contributed by atoms with van der Waals surface area (Å²) in [4.78, 5) is 5.65. The lowest BCUT2D eigenvalue weighted by Gasteiger charge is -2.17. The van der Waals surface area contributed by atoms with Crippen molar-refractivity contribution in [1.29, 1.82) is 0 Å². The highest BCUT2D eigenvalue weighted by Crippen LogP contribution is 2.29. The molecule has 6 heteroatoms. The van der Waals surface area contributed by atoms with Gasteiger partial charge in [-0.2, -0.15) is 0 Å². The molecule has 0 aliphatic heterocycles. The van der Waals surface area contributed by atoms with Gasteiger partial charge < -0.3 is 4.57 Å². The topological polar surface area (TPSA) is 55.9 Å². The lowest BCUT2D eigenvalue weighted by molar-refractivity contribution is 0.528. The number of halogens is 1. The van der Waals surface area contributed by atoms with Gasteiger partial charge in [0.05, 0.1) is 6.04 Å². The fraction of sp³-hybridized carbons (Fsp3) is 0.357. The van der Waals surface area contributed by atoms with Crippen molar-refractivity contribution in [2.45, 2.75) is 30.8 Å². The molecule has 0 aliphatic rings. The third kappa shape index (κ3) is 3.85. The molecule has 108 valence electrons. The summed E-state index contributed by atoms with van der Waals surface area (Å²) in [6, 6.07) is 8.23. The van der Waals surface area contributed by atoms with Gasteiger partial charge in [0.15, 0.2) is 0 Å².